The molecule has 0 bridgehead atoms. The lowest BCUT2D eigenvalue weighted by atomic mass is 9.82. The van der Waals surface area contributed by atoms with Gasteiger partial charge in [0.2, 0.25) is 5.91 Å². The van der Waals surface area contributed by atoms with Gasteiger partial charge in [-0.1, -0.05) is 19.8 Å². The van der Waals surface area contributed by atoms with E-state index in [-0.39, 0.29) is 11.9 Å². The van der Waals surface area contributed by atoms with Crippen LogP contribution in [0.2, 0.25) is 0 Å². The van der Waals surface area contributed by atoms with E-state index in [2.05, 4.69) is 17.6 Å². The van der Waals surface area contributed by atoms with Crippen LogP contribution in [0.3, 0.4) is 0 Å². The van der Waals surface area contributed by atoms with E-state index < -0.39 is 0 Å². The topological polar surface area (TPSA) is 41.1 Å². The molecule has 0 aromatic heterocycles. The Bertz CT molecular complexity index is 206. The fourth-order valence-electron chi connectivity index (χ4n) is 2.40. The summed E-state index contributed by atoms with van der Waals surface area (Å²) < 4.78 is 0. The third kappa shape index (κ3) is 4.20. The summed E-state index contributed by atoms with van der Waals surface area (Å²) >= 11 is 0. The van der Waals surface area contributed by atoms with Gasteiger partial charge in [0.25, 0.3) is 0 Å². The fourth-order valence-corrected chi connectivity index (χ4v) is 2.40. The van der Waals surface area contributed by atoms with Gasteiger partial charge in [-0.3, -0.25) is 4.79 Å². The normalized spacial score (nSPS) is 28.5. The van der Waals surface area contributed by atoms with E-state index in [9.17, 15) is 4.79 Å². The van der Waals surface area contributed by atoms with Crippen molar-refractivity contribution in [3.63, 3.8) is 0 Å². The van der Waals surface area contributed by atoms with Gasteiger partial charge in [0.1, 0.15) is 0 Å². The fraction of sp³-hybridized carbons (Fsp3) is 0.917. The zero-order valence-corrected chi connectivity index (χ0v) is 10.2. The number of hydrogen-bond donors (Lipinski definition) is 2. The summed E-state index contributed by atoms with van der Waals surface area (Å²) in [6, 6.07) is -0.0627. The van der Waals surface area contributed by atoms with E-state index in [4.69, 9.17) is 0 Å². The number of rotatable bonds is 4. The predicted molar refractivity (Wildman–Crippen MR) is 62.7 cm³/mol. The van der Waals surface area contributed by atoms with E-state index in [1.54, 1.807) is 7.05 Å². The minimum absolute atomic E-state index is 0.0627. The Morgan fingerprint density at radius 2 is 2.20 bits per heavy atom. The molecule has 3 atom stereocenters. The first-order valence-electron chi connectivity index (χ1n) is 6.08. The molecule has 15 heavy (non-hydrogen) atoms. The van der Waals surface area contributed by atoms with Gasteiger partial charge in [0.15, 0.2) is 0 Å². The molecule has 3 nitrogen and oxygen atoms in total. The third-order valence-corrected chi connectivity index (χ3v) is 3.40. The van der Waals surface area contributed by atoms with Gasteiger partial charge in [-0.2, -0.15) is 0 Å². The van der Waals surface area contributed by atoms with Gasteiger partial charge in [-0.05, 0) is 38.1 Å². The van der Waals surface area contributed by atoms with Gasteiger partial charge in [-0.25, -0.2) is 0 Å². The van der Waals surface area contributed by atoms with Crippen molar-refractivity contribution in [3.8, 4) is 0 Å². The minimum Gasteiger partial charge on any atom is -0.358 e. The number of likely N-dealkylation sites (N-methyl/N-ethyl adjacent to an activating group) is 1. The van der Waals surface area contributed by atoms with Gasteiger partial charge >= 0.3 is 0 Å². The number of nitrogens with one attached hydrogen (secondary N) is 2. The average molecular weight is 212 g/mol. The summed E-state index contributed by atoms with van der Waals surface area (Å²) in [7, 11) is 1.68. The molecule has 2 unspecified atom stereocenters. The molecule has 1 amide bonds. The number of carbonyl (C=O) groups is 1. The Balaban J connectivity index is 2.21. The van der Waals surface area contributed by atoms with E-state index in [0.717, 1.165) is 18.4 Å². The molecule has 0 aliphatic heterocycles. The summed E-state index contributed by atoms with van der Waals surface area (Å²) in [6.07, 6.45) is 5.36. The quantitative estimate of drug-likeness (QED) is 0.742. The van der Waals surface area contributed by atoms with Crippen molar-refractivity contribution in [2.24, 2.45) is 11.8 Å². The highest BCUT2D eigenvalue weighted by atomic mass is 16.2. The molecule has 0 aromatic carbocycles. The Labute approximate surface area is 93.0 Å². The molecule has 1 rings (SSSR count). The SMILES string of the molecule is CNC(=O)[C@@H](C)NCC1CCCC(C)C1. The van der Waals surface area contributed by atoms with E-state index >= 15 is 0 Å². The van der Waals surface area contributed by atoms with Crippen LogP contribution in [0.4, 0.5) is 0 Å². The van der Waals surface area contributed by atoms with E-state index in [1.807, 2.05) is 6.92 Å². The third-order valence-electron chi connectivity index (χ3n) is 3.40. The van der Waals surface area contributed by atoms with E-state index in [1.165, 1.54) is 25.7 Å². The Hall–Kier alpha value is -0.570. The monoisotopic (exact) mass is 212 g/mol. The van der Waals surface area contributed by atoms with Gasteiger partial charge in [-0.15, -0.1) is 0 Å². The summed E-state index contributed by atoms with van der Waals surface area (Å²) in [5.74, 6) is 1.71. The molecule has 3 heteroatoms. The van der Waals surface area contributed by atoms with Crippen LogP contribution in [0.5, 0.6) is 0 Å². The molecule has 0 spiro atoms. The molecule has 0 saturated heterocycles. The van der Waals surface area contributed by atoms with Crippen LogP contribution in [0.25, 0.3) is 0 Å². The Kier molecular flexibility index (Phi) is 5.09. The second-order valence-electron chi connectivity index (χ2n) is 4.88. The van der Waals surface area contributed by atoms with Crippen LogP contribution in [0.1, 0.15) is 39.5 Å². The molecule has 0 heterocycles. The highest BCUT2D eigenvalue weighted by Gasteiger charge is 2.20. The molecular weight excluding hydrogens is 188 g/mol. The van der Waals surface area contributed by atoms with Crippen molar-refractivity contribution in [1.82, 2.24) is 10.6 Å². The molecule has 0 aromatic rings. The predicted octanol–water partition coefficient (Wildman–Crippen LogP) is 1.54. The van der Waals surface area contributed by atoms with Crippen molar-refractivity contribution in [1.29, 1.82) is 0 Å². The zero-order valence-electron chi connectivity index (χ0n) is 10.2. The maximum Gasteiger partial charge on any atom is 0.236 e. The first-order valence-corrected chi connectivity index (χ1v) is 6.08. The molecule has 1 saturated carbocycles. The molecule has 88 valence electrons. The van der Waals surface area contributed by atoms with Crippen LogP contribution in [-0.4, -0.2) is 25.5 Å². The van der Waals surface area contributed by atoms with Gasteiger partial charge in [0.05, 0.1) is 6.04 Å². The lowest BCUT2D eigenvalue weighted by Gasteiger charge is -2.27. The van der Waals surface area contributed by atoms with Crippen LogP contribution in [-0.2, 0) is 4.79 Å². The smallest absolute Gasteiger partial charge is 0.236 e. The highest BCUT2D eigenvalue weighted by molar-refractivity contribution is 5.80. The van der Waals surface area contributed by atoms with Crippen molar-refractivity contribution in [2.45, 2.75) is 45.6 Å². The Morgan fingerprint density at radius 3 is 2.80 bits per heavy atom. The van der Waals surface area contributed by atoms with Crippen LogP contribution >= 0.6 is 0 Å². The molecule has 0 radical (unpaired) electrons. The van der Waals surface area contributed by atoms with Crippen LogP contribution < -0.4 is 10.6 Å². The minimum atomic E-state index is -0.0627. The van der Waals surface area contributed by atoms with Gasteiger partial charge in [0, 0.05) is 7.05 Å². The molecule has 1 fully saturated rings. The zero-order chi connectivity index (χ0) is 11.3. The largest absolute Gasteiger partial charge is 0.358 e. The second kappa shape index (κ2) is 6.11. The average Bonchev–Trinajstić information content (AvgIpc) is 2.25. The molecular formula is C12H24N2O. The second-order valence-corrected chi connectivity index (χ2v) is 4.88. The lowest BCUT2D eigenvalue weighted by Crippen LogP contribution is -2.43. The van der Waals surface area contributed by atoms with E-state index in [0.29, 0.717) is 0 Å². The number of amides is 1. The highest BCUT2D eigenvalue weighted by Crippen LogP contribution is 2.27. The van der Waals surface area contributed by atoms with Crippen molar-refractivity contribution in [2.75, 3.05) is 13.6 Å². The maximum absolute atomic E-state index is 11.3. The summed E-state index contributed by atoms with van der Waals surface area (Å²) in [5.41, 5.74) is 0. The summed E-state index contributed by atoms with van der Waals surface area (Å²) in [5, 5.41) is 5.97. The molecule has 1 aliphatic carbocycles. The molecule has 2 N–H and O–H groups in total. The Morgan fingerprint density at radius 1 is 1.47 bits per heavy atom. The van der Waals surface area contributed by atoms with Crippen LogP contribution in [0, 0.1) is 11.8 Å². The maximum atomic E-state index is 11.3. The standard InChI is InChI=1S/C12H24N2O/c1-9-5-4-6-11(7-9)8-14-10(2)12(15)13-3/h9-11,14H,4-8H2,1-3H3,(H,13,15)/t9?,10-,11?/m1/s1. The first-order chi connectivity index (χ1) is 7.13. The van der Waals surface area contributed by atoms with Crippen molar-refractivity contribution >= 4 is 5.91 Å². The molecule has 1 aliphatic rings. The van der Waals surface area contributed by atoms with Crippen LogP contribution in [0.15, 0.2) is 0 Å². The van der Waals surface area contributed by atoms with Crippen molar-refractivity contribution in [3.05, 3.63) is 0 Å². The van der Waals surface area contributed by atoms with Crippen molar-refractivity contribution < 1.29 is 4.79 Å². The van der Waals surface area contributed by atoms with Gasteiger partial charge < -0.3 is 10.6 Å². The number of carbonyl (C=O) groups excluding carboxylic acids is 1. The lowest BCUT2D eigenvalue weighted by molar-refractivity contribution is -0.122. The number of hydrogen-bond acceptors (Lipinski definition) is 2. The summed E-state index contributed by atoms with van der Waals surface area (Å²) in [4.78, 5) is 11.3. The first kappa shape index (κ1) is 12.5. The summed E-state index contributed by atoms with van der Waals surface area (Å²) in [6.45, 7) is 5.23.